The monoisotopic (exact) mass is 345 g/mol. The zero-order valence-electron chi connectivity index (χ0n) is 12.8. The summed E-state index contributed by atoms with van der Waals surface area (Å²) in [5.74, 6) is -0.665. The maximum absolute atomic E-state index is 12.8. The van der Waals surface area contributed by atoms with E-state index in [-0.39, 0.29) is 29.6 Å². The SMILES string of the molecule is CS(=O)(=O)Nc1cccc(C(=O)N2CC(=O)Nc3ccccc32)c1. The Morgan fingerprint density at radius 1 is 1.17 bits per heavy atom. The van der Waals surface area contributed by atoms with Crippen LogP contribution in [-0.4, -0.2) is 33.0 Å². The fourth-order valence-electron chi connectivity index (χ4n) is 2.50. The van der Waals surface area contributed by atoms with E-state index in [9.17, 15) is 18.0 Å². The summed E-state index contributed by atoms with van der Waals surface area (Å²) in [6, 6.07) is 13.1. The van der Waals surface area contributed by atoms with Crippen LogP contribution in [0.3, 0.4) is 0 Å². The molecular formula is C16H15N3O4S. The predicted octanol–water partition coefficient (Wildman–Crippen LogP) is 1.66. The second-order valence-corrected chi connectivity index (χ2v) is 7.16. The second-order valence-electron chi connectivity index (χ2n) is 5.41. The maximum atomic E-state index is 12.8. The summed E-state index contributed by atoms with van der Waals surface area (Å²) in [6.07, 6.45) is 1.03. The molecule has 1 heterocycles. The first kappa shape index (κ1) is 16.0. The molecule has 0 aliphatic carbocycles. The van der Waals surface area contributed by atoms with E-state index in [2.05, 4.69) is 10.0 Å². The van der Waals surface area contributed by atoms with Gasteiger partial charge in [-0.1, -0.05) is 18.2 Å². The number of rotatable bonds is 3. The van der Waals surface area contributed by atoms with E-state index >= 15 is 0 Å². The number of carbonyl (C=O) groups excluding carboxylic acids is 2. The molecule has 2 amide bonds. The van der Waals surface area contributed by atoms with E-state index in [0.29, 0.717) is 11.4 Å². The highest BCUT2D eigenvalue weighted by Crippen LogP contribution is 2.30. The Bertz CT molecular complexity index is 924. The number of anilines is 3. The number of nitrogens with zero attached hydrogens (tertiary/aromatic N) is 1. The van der Waals surface area contributed by atoms with Crippen molar-refractivity contribution < 1.29 is 18.0 Å². The van der Waals surface area contributed by atoms with Crippen molar-refractivity contribution in [3.05, 3.63) is 54.1 Å². The number of benzene rings is 2. The molecule has 0 atom stereocenters. The van der Waals surface area contributed by atoms with Gasteiger partial charge in [0.2, 0.25) is 15.9 Å². The van der Waals surface area contributed by atoms with E-state index < -0.39 is 10.0 Å². The van der Waals surface area contributed by atoms with Crippen molar-refractivity contribution in [2.24, 2.45) is 0 Å². The van der Waals surface area contributed by atoms with Crippen LogP contribution in [0.15, 0.2) is 48.5 Å². The Kier molecular flexibility index (Phi) is 3.98. The quantitative estimate of drug-likeness (QED) is 0.884. The first-order chi connectivity index (χ1) is 11.3. The average molecular weight is 345 g/mol. The second kappa shape index (κ2) is 5.97. The van der Waals surface area contributed by atoms with Crippen molar-refractivity contribution in [2.75, 3.05) is 27.7 Å². The lowest BCUT2D eigenvalue weighted by molar-refractivity contribution is -0.115. The fourth-order valence-corrected chi connectivity index (χ4v) is 3.06. The molecule has 2 aromatic carbocycles. The van der Waals surface area contributed by atoms with Crippen LogP contribution < -0.4 is 14.9 Å². The summed E-state index contributed by atoms with van der Waals surface area (Å²) in [4.78, 5) is 26.0. The molecule has 0 saturated carbocycles. The first-order valence-electron chi connectivity index (χ1n) is 7.12. The van der Waals surface area contributed by atoms with Crippen LogP contribution in [-0.2, 0) is 14.8 Å². The summed E-state index contributed by atoms with van der Waals surface area (Å²) in [5, 5.41) is 2.71. The van der Waals surface area contributed by atoms with Crippen LogP contribution in [0.25, 0.3) is 0 Å². The van der Waals surface area contributed by atoms with E-state index in [1.165, 1.54) is 11.0 Å². The molecule has 0 unspecified atom stereocenters. The van der Waals surface area contributed by atoms with Gasteiger partial charge in [-0.3, -0.25) is 19.2 Å². The Hall–Kier alpha value is -2.87. The van der Waals surface area contributed by atoms with Gasteiger partial charge in [-0.15, -0.1) is 0 Å². The minimum atomic E-state index is -3.44. The summed E-state index contributed by atoms with van der Waals surface area (Å²) < 4.78 is 25.0. The average Bonchev–Trinajstić information content (AvgIpc) is 2.52. The van der Waals surface area contributed by atoms with Gasteiger partial charge in [-0.2, -0.15) is 0 Å². The molecule has 0 aromatic heterocycles. The Labute approximate surface area is 139 Å². The fraction of sp³-hybridized carbons (Fsp3) is 0.125. The van der Waals surface area contributed by atoms with Crippen molar-refractivity contribution in [1.82, 2.24) is 0 Å². The van der Waals surface area contributed by atoms with Crippen LogP contribution in [0.2, 0.25) is 0 Å². The van der Waals surface area contributed by atoms with Crippen LogP contribution in [0.4, 0.5) is 17.1 Å². The third kappa shape index (κ3) is 3.38. The summed E-state index contributed by atoms with van der Waals surface area (Å²) >= 11 is 0. The summed E-state index contributed by atoms with van der Waals surface area (Å²) in [7, 11) is -3.44. The zero-order chi connectivity index (χ0) is 17.3. The van der Waals surface area contributed by atoms with Crippen molar-refractivity contribution in [3.8, 4) is 0 Å². The van der Waals surface area contributed by atoms with Gasteiger partial charge in [0.05, 0.1) is 17.6 Å². The molecule has 7 nitrogen and oxygen atoms in total. The van der Waals surface area contributed by atoms with Gasteiger partial charge >= 0.3 is 0 Å². The van der Waals surface area contributed by atoms with Crippen molar-refractivity contribution in [1.29, 1.82) is 0 Å². The molecule has 0 spiro atoms. The molecule has 3 rings (SSSR count). The number of sulfonamides is 1. The molecule has 8 heteroatoms. The van der Waals surface area contributed by atoms with E-state index in [4.69, 9.17) is 0 Å². The standard InChI is InChI=1S/C16H15N3O4S/c1-24(22,23)18-12-6-4-5-11(9-12)16(21)19-10-15(20)17-13-7-2-3-8-14(13)19/h2-9,18H,10H2,1H3,(H,17,20). The van der Waals surface area contributed by atoms with Gasteiger partial charge in [-0.25, -0.2) is 8.42 Å². The lowest BCUT2D eigenvalue weighted by Crippen LogP contribution is -2.42. The molecule has 2 aromatic rings. The van der Waals surface area contributed by atoms with Gasteiger partial charge < -0.3 is 5.32 Å². The first-order valence-corrected chi connectivity index (χ1v) is 9.01. The van der Waals surface area contributed by atoms with Crippen molar-refractivity contribution >= 4 is 38.9 Å². The summed E-state index contributed by atoms with van der Waals surface area (Å²) in [5.41, 5.74) is 1.74. The molecule has 0 radical (unpaired) electrons. The number of hydrogen-bond acceptors (Lipinski definition) is 4. The van der Waals surface area contributed by atoms with Gasteiger partial charge in [0.1, 0.15) is 6.54 Å². The van der Waals surface area contributed by atoms with Gasteiger partial charge in [-0.05, 0) is 30.3 Å². The third-order valence-corrected chi connectivity index (χ3v) is 4.04. The van der Waals surface area contributed by atoms with E-state index in [1.807, 2.05) is 0 Å². The molecule has 24 heavy (non-hydrogen) atoms. The number of para-hydroxylation sites is 2. The smallest absolute Gasteiger partial charge is 0.258 e. The minimum absolute atomic E-state index is 0.0976. The number of amides is 2. The number of fused-ring (bicyclic) bond motifs is 1. The Morgan fingerprint density at radius 2 is 1.92 bits per heavy atom. The van der Waals surface area contributed by atoms with Gasteiger partial charge in [0.25, 0.3) is 5.91 Å². The van der Waals surface area contributed by atoms with Crippen molar-refractivity contribution in [2.45, 2.75) is 0 Å². The molecule has 124 valence electrons. The zero-order valence-corrected chi connectivity index (χ0v) is 13.6. The molecule has 1 aliphatic heterocycles. The lowest BCUT2D eigenvalue weighted by Gasteiger charge is -2.29. The van der Waals surface area contributed by atoms with E-state index in [1.54, 1.807) is 42.5 Å². The molecule has 0 saturated heterocycles. The Morgan fingerprint density at radius 3 is 2.67 bits per heavy atom. The highest BCUT2D eigenvalue weighted by atomic mass is 32.2. The molecule has 2 N–H and O–H groups in total. The topological polar surface area (TPSA) is 95.6 Å². The minimum Gasteiger partial charge on any atom is -0.323 e. The number of carbonyl (C=O) groups is 2. The molecular weight excluding hydrogens is 330 g/mol. The van der Waals surface area contributed by atoms with Crippen molar-refractivity contribution in [3.63, 3.8) is 0 Å². The highest BCUT2D eigenvalue weighted by Gasteiger charge is 2.27. The van der Waals surface area contributed by atoms with Crippen LogP contribution in [0, 0.1) is 0 Å². The third-order valence-electron chi connectivity index (χ3n) is 3.43. The van der Waals surface area contributed by atoms with Gasteiger partial charge in [0, 0.05) is 11.3 Å². The van der Waals surface area contributed by atoms with E-state index in [0.717, 1.165) is 6.26 Å². The highest BCUT2D eigenvalue weighted by molar-refractivity contribution is 7.92. The number of hydrogen-bond donors (Lipinski definition) is 2. The maximum Gasteiger partial charge on any atom is 0.258 e. The molecule has 0 bridgehead atoms. The van der Waals surface area contributed by atoms with Crippen LogP contribution in [0.5, 0.6) is 0 Å². The van der Waals surface area contributed by atoms with Crippen LogP contribution >= 0.6 is 0 Å². The summed E-state index contributed by atoms with van der Waals surface area (Å²) in [6.45, 7) is -0.0976. The molecule has 1 aliphatic rings. The lowest BCUT2D eigenvalue weighted by atomic mass is 10.1. The number of nitrogens with one attached hydrogen (secondary N) is 2. The van der Waals surface area contributed by atoms with Gasteiger partial charge in [0.15, 0.2) is 0 Å². The normalized spacial score (nSPS) is 13.9. The van der Waals surface area contributed by atoms with Crippen LogP contribution in [0.1, 0.15) is 10.4 Å². The predicted molar refractivity (Wildman–Crippen MR) is 91.7 cm³/mol. The molecule has 0 fully saturated rings. The largest absolute Gasteiger partial charge is 0.323 e. The Balaban J connectivity index is 1.95.